The van der Waals surface area contributed by atoms with Gasteiger partial charge in [0.15, 0.2) is 23.1 Å². The van der Waals surface area contributed by atoms with E-state index in [1.807, 2.05) is 6.07 Å². The third-order valence-corrected chi connectivity index (χ3v) is 4.56. The molecule has 1 aromatic heterocycles. The molecule has 0 saturated carbocycles. The minimum absolute atomic E-state index is 0.179. The molecule has 7 nitrogen and oxygen atoms in total. The van der Waals surface area contributed by atoms with Crippen molar-refractivity contribution in [3.8, 4) is 17.2 Å². The fraction of sp³-hybridized carbons (Fsp3) is 0.263. The van der Waals surface area contributed by atoms with Crippen LogP contribution in [0.3, 0.4) is 0 Å². The Bertz CT molecular complexity index is 1010. The lowest BCUT2D eigenvalue weighted by atomic mass is 10.0. The van der Waals surface area contributed by atoms with Crippen molar-refractivity contribution in [2.75, 3.05) is 31.9 Å². The molecule has 1 atom stereocenters. The molecule has 0 radical (unpaired) electrons. The molecule has 0 aliphatic carbocycles. The number of rotatable bonds is 4. The van der Waals surface area contributed by atoms with Gasteiger partial charge in [0.25, 0.3) is 0 Å². The van der Waals surface area contributed by atoms with E-state index in [0.29, 0.717) is 47.2 Å². The Balaban J connectivity index is 1.72. The van der Waals surface area contributed by atoms with E-state index >= 15 is 0 Å². The summed E-state index contributed by atoms with van der Waals surface area (Å²) in [4.78, 5) is 8.88. The van der Waals surface area contributed by atoms with E-state index in [1.54, 1.807) is 32.4 Å². The number of methoxy groups -OCH3 is 2. The SMILES string of the molecule is COc1cc2nc(N[C@H]3CCOc4c(F)cccc43)nc(N)c2cc1OC. The normalized spacial score (nSPS) is 15.7. The molecule has 0 bridgehead atoms. The number of ether oxygens (including phenoxy) is 3. The van der Waals surface area contributed by atoms with Gasteiger partial charge in [-0.3, -0.25) is 0 Å². The summed E-state index contributed by atoms with van der Waals surface area (Å²) in [5.74, 6) is 1.66. The van der Waals surface area contributed by atoms with Crippen molar-refractivity contribution in [2.45, 2.75) is 12.5 Å². The molecular formula is C19H19FN4O3. The molecule has 1 aliphatic heterocycles. The van der Waals surface area contributed by atoms with Gasteiger partial charge in [-0.15, -0.1) is 0 Å². The van der Waals surface area contributed by atoms with E-state index in [-0.39, 0.29) is 17.6 Å². The molecule has 140 valence electrons. The molecule has 0 spiro atoms. The number of anilines is 2. The summed E-state index contributed by atoms with van der Waals surface area (Å²) in [5.41, 5.74) is 7.48. The highest BCUT2D eigenvalue weighted by atomic mass is 19.1. The van der Waals surface area contributed by atoms with Crippen molar-refractivity contribution in [3.05, 3.63) is 41.7 Å². The van der Waals surface area contributed by atoms with Crippen molar-refractivity contribution in [1.82, 2.24) is 9.97 Å². The van der Waals surface area contributed by atoms with Crippen LogP contribution >= 0.6 is 0 Å². The predicted molar refractivity (Wildman–Crippen MR) is 99.9 cm³/mol. The van der Waals surface area contributed by atoms with Crippen LogP contribution in [0, 0.1) is 5.82 Å². The number of nitrogens with two attached hydrogens (primary N) is 1. The van der Waals surface area contributed by atoms with Crippen LogP contribution in [0.25, 0.3) is 10.9 Å². The number of nitrogens with zero attached hydrogens (tertiary/aromatic N) is 2. The summed E-state index contributed by atoms with van der Waals surface area (Å²) in [6.07, 6.45) is 0.656. The Hall–Kier alpha value is -3.29. The number of hydrogen-bond donors (Lipinski definition) is 2. The van der Waals surface area contributed by atoms with Crippen molar-refractivity contribution < 1.29 is 18.6 Å². The molecule has 27 heavy (non-hydrogen) atoms. The second-order valence-electron chi connectivity index (χ2n) is 6.15. The zero-order chi connectivity index (χ0) is 19.0. The first-order chi connectivity index (χ1) is 13.1. The standard InChI is InChI=1S/C19H19FN4O3/c1-25-15-8-11-14(9-16(15)26-2)23-19(24-18(11)21)22-13-6-7-27-17-10(13)4-3-5-12(17)20/h3-5,8-9,13H,6-7H2,1-2H3,(H3,21,22,23,24)/t13-/m0/s1. The Labute approximate surface area is 155 Å². The van der Waals surface area contributed by atoms with Gasteiger partial charge in [0, 0.05) is 23.4 Å². The average molecular weight is 370 g/mol. The molecule has 3 aromatic rings. The predicted octanol–water partition coefficient (Wildman–Crippen LogP) is 3.30. The third kappa shape index (κ3) is 3.03. The van der Waals surface area contributed by atoms with Gasteiger partial charge < -0.3 is 25.3 Å². The summed E-state index contributed by atoms with van der Waals surface area (Å²) in [5, 5.41) is 3.91. The van der Waals surface area contributed by atoms with Gasteiger partial charge in [-0.25, -0.2) is 9.37 Å². The first-order valence-electron chi connectivity index (χ1n) is 8.47. The van der Waals surface area contributed by atoms with Gasteiger partial charge in [-0.05, 0) is 12.1 Å². The van der Waals surface area contributed by atoms with Gasteiger partial charge in [-0.1, -0.05) is 12.1 Å². The number of para-hydroxylation sites is 1. The molecule has 8 heteroatoms. The van der Waals surface area contributed by atoms with E-state index in [9.17, 15) is 4.39 Å². The van der Waals surface area contributed by atoms with Crippen molar-refractivity contribution in [1.29, 1.82) is 0 Å². The number of halogens is 1. The molecule has 0 amide bonds. The lowest BCUT2D eigenvalue weighted by molar-refractivity contribution is 0.260. The quantitative estimate of drug-likeness (QED) is 0.728. The second kappa shape index (κ2) is 6.79. The fourth-order valence-corrected chi connectivity index (χ4v) is 3.24. The van der Waals surface area contributed by atoms with Crippen LogP contribution < -0.4 is 25.3 Å². The summed E-state index contributed by atoms with van der Waals surface area (Å²) in [6.45, 7) is 0.402. The average Bonchev–Trinajstić information content (AvgIpc) is 2.68. The van der Waals surface area contributed by atoms with Crippen LogP contribution in [-0.2, 0) is 0 Å². The first kappa shape index (κ1) is 17.1. The fourth-order valence-electron chi connectivity index (χ4n) is 3.24. The maximum absolute atomic E-state index is 14.0. The molecule has 0 saturated heterocycles. The maximum Gasteiger partial charge on any atom is 0.225 e. The summed E-state index contributed by atoms with van der Waals surface area (Å²) < 4.78 is 30.1. The van der Waals surface area contributed by atoms with Crippen molar-refractivity contribution in [3.63, 3.8) is 0 Å². The van der Waals surface area contributed by atoms with Gasteiger partial charge >= 0.3 is 0 Å². The number of aromatic nitrogens is 2. The van der Waals surface area contributed by atoms with Crippen LogP contribution in [0.4, 0.5) is 16.2 Å². The van der Waals surface area contributed by atoms with Crippen molar-refractivity contribution >= 4 is 22.7 Å². The largest absolute Gasteiger partial charge is 0.493 e. The summed E-state index contributed by atoms with van der Waals surface area (Å²) >= 11 is 0. The topological polar surface area (TPSA) is 91.5 Å². The Kier molecular flexibility index (Phi) is 4.31. The van der Waals surface area contributed by atoms with E-state index in [0.717, 1.165) is 5.56 Å². The van der Waals surface area contributed by atoms with E-state index in [2.05, 4.69) is 15.3 Å². The number of hydrogen-bond acceptors (Lipinski definition) is 7. The van der Waals surface area contributed by atoms with E-state index < -0.39 is 0 Å². The third-order valence-electron chi connectivity index (χ3n) is 4.56. The lowest BCUT2D eigenvalue weighted by Crippen LogP contribution is -2.22. The molecular weight excluding hydrogens is 351 g/mol. The zero-order valence-electron chi connectivity index (χ0n) is 15.0. The van der Waals surface area contributed by atoms with Gasteiger partial charge in [0.2, 0.25) is 5.95 Å². The molecule has 2 heterocycles. The molecule has 0 fully saturated rings. The Morgan fingerprint density at radius 1 is 1.19 bits per heavy atom. The monoisotopic (exact) mass is 370 g/mol. The highest BCUT2D eigenvalue weighted by Crippen LogP contribution is 2.37. The maximum atomic E-state index is 14.0. The number of nitrogens with one attached hydrogen (secondary N) is 1. The smallest absolute Gasteiger partial charge is 0.225 e. The Morgan fingerprint density at radius 2 is 1.96 bits per heavy atom. The molecule has 0 unspecified atom stereocenters. The molecule has 2 aromatic carbocycles. The van der Waals surface area contributed by atoms with Crippen LogP contribution in [0.15, 0.2) is 30.3 Å². The minimum atomic E-state index is -0.380. The van der Waals surface area contributed by atoms with Crippen LogP contribution in [0.2, 0.25) is 0 Å². The number of nitrogen functional groups attached to an aromatic ring is 1. The molecule has 4 rings (SSSR count). The van der Waals surface area contributed by atoms with Crippen LogP contribution in [0.5, 0.6) is 17.2 Å². The number of benzene rings is 2. The van der Waals surface area contributed by atoms with Gasteiger partial charge in [-0.2, -0.15) is 4.98 Å². The van der Waals surface area contributed by atoms with Crippen molar-refractivity contribution in [2.24, 2.45) is 0 Å². The zero-order valence-corrected chi connectivity index (χ0v) is 15.0. The summed E-state index contributed by atoms with van der Waals surface area (Å²) in [7, 11) is 3.11. The lowest BCUT2D eigenvalue weighted by Gasteiger charge is -2.27. The second-order valence-corrected chi connectivity index (χ2v) is 6.15. The van der Waals surface area contributed by atoms with Gasteiger partial charge in [0.05, 0.1) is 32.4 Å². The minimum Gasteiger partial charge on any atom is -0.493 e. The van der Waals surface area contributed by atoms with Gasteiger partial charge in [0.1, 0.15) is 5.82 Å². The van der Waals surface area contributed by atoms with Crippen LogP contribution in [0.1, 0.15) is 18.0 Å². The Morgan fingerprint density at radius 3 is 2.74 bits per heavy atom. The summed E-state index contributed by atoms with van der Waals surface area (Å²) in [6, 6.07) is 8.17. The molecule has 1 aliphatic rings. The molecule has 3 N–H and O–H groups in total. The highest BCUT2D eigenvalue weighted by Gasteiger charge is 2.25. The highest BCUT2D eigenvalue weighted by molar-refractivity contribution is 5.91. The number of fused-ring (bicyclic) bond motifs is 2. The van der Waals surface area contributed by atoms with E-state index in [1.165, 1.54) is 6.07 Å². The first-order valence-corrected chi connectivity index (χ1v) is 8.47. The van der Waals surface area contributed by atoms with E-state index in [4.69, 9.17) is 19.9 Å². The van der Waals surface area contributed by atoms with Crippen LogP contribution in [-0.4, -0.2) is 30.8 Å².